The van der Waals surface area contributed by atoms with Gasteiger partial charge in [-0.2, -0.15) is 4.31 Å². The number of carbonyl (C=O) groups excluding carboxylic acids is 1. The van der Waals surface area contributed by atoms with E-state index in [9.17, 15) is 17.6 Å². The Hall–Kier alpha value is -2.70. The average Bonchev–Trinajstić information content (AvgIpc) is 3.43. The molecule has 0 saturated carbocycles. The first kappa shape index (κ1) is 19.6. The number of hydrogen-bond donors (Lipinski definition) is 1. The quantitative estimate of drug-likeness (QED) is 0.657. The molecule has 29 heavy (non-hydrogen) atoms. The lowest BCUT2D eigenvalue weighted by Gasteiger charge is -2.20. The largest absolute Gasteiger partial charge is 0.339 e. The van der Waals surface area contributed by atoms with Crippen LogP contribution in [0.15, 0.2) is 41.8 Å². The Morgan fingerprint density at radius 2 is 2.10 bits per heavy atom. The molecule has 1 amide bonds. The van der Waals surface area contributed by atoms with Crippen molar-refractivity contribution in [2.75, 3.05) is 11.9 Å². The molecule has 0 spiro atoms. The number of nitrogens with one attached hydrogen (secondary N) is 1. The molecule has 1 atom stereocenters. The van der Waals surface area contributed by atoms with Crippen molar-refractivity contribution in [1.29, 1.82) is 0 Å². The lowest BCUT2D eigenvalue weighted by Crippen LogP contribution is -2.31. The molecule has 1 aliphatic rings. The highest BCUT2D eigenvalue weighted by atomic mass is 32.2. The standard InChI is InChI=1S/C17H17FN6O3S2/c1-23-9-14(19-10-23)29(26,27)24-8-4-7-13(24)16-21-22-17(28-16)15(25)20-12-6-3-2-5-11(12)18/h2-3,5-6,9-10,13H,4,7-8H2,1H3,(H,20,25)/t13-/m0/s1. The number of aromatic nitrogens is 4. The highest BCUT2D eigenvalue weighted by Crippen LogP contribution is 2.37. The van der Waals surface area contributed by atoms with E-state index in [0.717, 1.165) is 11.3 Å². The van der Waals surface area contributed by atoms with Gasteiger partial charge in [0.15, 0.2) is 5.03 Å². The molecule has 9 nitrogen and oxygen atoms in total. The summed E-state index contributed by atoms with van der Waals surface area (Å²) in [7, 11) is -2.10. The fraction of sp³-hybridized carbons (Fsp3) is 0.294. The van der Waals surface area contributed by atoms with Gasteiger partial charge < -0.3 is 9.88 Å². The van der Waals surface area contributed by atoms with Gasteiger partial charge in [0, 0.05) is 19.8 Å². The third-order valence-corrected chi connectivity index (χ3v) is 7.32. The molecule has 1 aromatic carbocycles. The van der Waals surface area contributed by atoms with Crippen LogP contribution in [0, 0.1) is 5.82 Å². The molecule has 1 aliphatic heterocycles. The molecule has 2 aromatic heterocycles. The van der Waals surface area contributed by atoms with Gasteiger partial charge in [-0.05, 0) is 25.0 Å². The Morgan fingerprint density at radius 3 is 2.83 bits per heavy atom. The van der Waals surface area contributed by atoms with Crippen LogP contribution < -0.4 is 5.32 Å². The minimum absolute atomic E-state index is 0.0327. The summed E-state index contributed by atoms with van der Waals surface area (Å²) in [6, 6.07) is 5.27. The van der Waals surface area contributed by atoms with Gasteiger partial charge >= 0.3 is 0 Å². The first-order valence-corrected chi connectivity index (χ1v) is 11.0. The first-order valence-electron chi connectivity index (χ1n) is 8.75. The van der Waals surface area contributed by atoms with Crippen molar-refractivity contribution in [2.45, 2.75) is 23.9 Å². The highest BCUT2D eigenvalue weighted by molar-refractivity contribution is 7.89. The van der Waals surface area contributed by atoms with E-state index in [-0.39, 0.29) is 15.7 Å². The first-order chi connectivity index (χ1) is 13.9. The van der Waals surface area contributed by atoms with Crippen LogP contribution >= 0.6 is 11.3 Å². The van der Waals surface area contributed by atoms with Crippen molar-refractivity contribution in [2.24, 2.45) is 7.05 Å². The van der Waals surface area contributed by atoms with Gasteiger partial charge in [0.1, 0.15) is 10.8 Å². The summed E-state index contributed by atoms with van der Waals surface area (Å²) >= 11 is 0.995. The minimum Gasteiger partial charge on any atom is -0.339 e. The second-order valence-electron chi connectivity index (χ2n) is 6.53. The summed E-state index contributed by atoms with van der Waals surface area (Å²) in [6.07, 6.45) is 4.09. The van der Waals surface area contributed by atoms with Crippen molar-refractivity contribution in [1.82, 2.24) is 24.1 Å². The average molecular weight is 436 g/mol. The van der Waals surface area contributed by atoms with E-state index in [1.54, 1.807) is 17.7 Å². The fourth-order valence-corrected chi connectivity index (χ4v) is 5.70. The molecule has 4 rings (SSSR count). The number of carbonyl (C=O) groups is 1. The predicted molar refractivity (Wildman–Crippen MR) is 103 cm³/mol. The van der Waals surface area contributed by atoms with E-state index < -0.39 is 27.8 Å². The van der Waals surface area contributed by atoms with Crippen LogP contribution in [0.1, 0.15) is 33.7 Å². The zero-order valence-corrected chi connectivity index (χ0v) is 17.0. The number of aryl methyl sites for hydroxylation is 1. The lowest BCUT2D eigenvalue weighted by atomic mass is 10.2. The van der Waals surface area contributed by atoms with Gasteiger partial charge in [-0.1, -0.05) is 23.5 Å². The molecule has 0 bridgehead atoms. The Kier molecular flexibility index (Phi) is 5.15. The summed E-state index contributed by atoms with van der Waals surface area (Å²) in [5.74, 6) is -1.16. The molecular formula is C17H17FN6O3S2. The van der Waals surface area contributed by atoms with Gasteiger partial charge in [-0.3, -0.25) is 4.79 Å². The van der Waals surface area contributed by atoms with Crippen molar-refractivity contribution in [3.05, 3.63) is 52.6 Å². The van der Waals surface area contributed by atoms with Crippen LogP contribution in [-0.4, -0.2) is 44.9 Å². The van der Waals surface area contributed by atoms with E-state index in [4.69, 9.17) is 0 Å². The second-order valence-corrected chi connectivity index (χ2v) is 9.38. The molecule has 0 unspecified atom stereocenters. The maximum Gasteiger partial charge on any atom is 0.286 e. The van der Waals surface area contributed by atoms with E-state index in [2.05, 4.69) is 20.5 Å². The van der Waals surface area contributed by atoms with Gasteiger partial charge in [-0.25, -0.2) is 17.8 Å². The van der Waals surface area contributed by atoms with E-state index >= 15 is 0 Å². The lowest BCUT2D eigenvalue weighted by molar-refractivity contribution is 0.102. The third kappa shape index (κ3) is 3.78. The van der Waals surface area contributed by atoms with Crippen molar-refractivity contribution < 1.29 is 17.6 Å². The number of imidazole rings is 1. The van der Waals surface area contributed by atoms with Gasteiger partial charge in [0.25, 0.3) is 15.9 Å². The number of rotatable bonds is 5. The SMILES string of the molecule is Cn1cnc(S(=O)(=O)N2CCC[C@H]2c2nnc(C(=O)Nc3ccccc3F)s2)c1. The second kappa shape index (κ2) is 7.61. The number of halogens is 1. The van der Waals surface area contributed by atoms with Gasteiger partial charge in [0.05, 0.1) is 18.1 Å². The van der Waals surface area contributed by atoms with Gasteiger partial charge in [0.2, 0.25) is 5.01 Å². The Bertz CT molecular complexity index is 1160. The summed E-state index contributed by atoms with van der Waals surface area (Å²) in [6.45, 7) is 0.333. The van der Waals surface area contributed by atoms with Crippen LogP contribution in [0.25, 0.3) is 0 Å². The number of benzene rings is 1. The third-order valence-electron chi connectivity index (χ3n) is 4.50. The molecule has 0 radical (unpaired) electrons. The zero-order valence-electron chi connectivity index (χ0n) is 15.3. The maximum absolute atomic E-state index is 13.7. The summed E-state index contributed by atoms with van der Waals surface area (Å²) < 4.78 is 42.5. The summed E-state index contributed by atoms with van der Waals surface area (Å²) in [5, 5.41) is 10.8. The monoisotopic (exact) mass is 436 g/mol. The Labute approximate surface area is 170 Å². The van der Waals surface area contributed by atoms with Crippen LogP contribution in [0.4, 0.5) is 10.1 Å². The van der Waals surface area contributed by atoms with Gasteiger partial charge in [-0.15, -0.1) is 10.2 Å². The van der Waals surface area contributed by atoms with E-state index in [1.165, 1.54) is 35.0 Å². The molecular weight excluding hydrogens is 419 g/mol. The zero-order chi connectivity index (χ0) is 20.6. The van der Waals surface area contributed by atoms with E-state index in [1.807, 2.05) is 0 Å². The van der Waals surface area contributed by atoms with Crippen molar-refractivity contribution in [3.63, 3.8) is 0 Å². The molecule has 152 valence electrons. The molecule has 3 aromatic rings. The molecule has 3 heterocycles. The number of hydrogen-bond acceptors (Lipinski definition) is 7. The maximum atomic E-state index is 13.7. The Balaban J connectivity index is 1.55. The normalized spacial score (nSPS) is 17.5. The molecule has 0 aliphatic carbocycles. The van der Waals surface area contributed by atoms with Crippen LogP contribution in [-0.2, 0) is 17.1 Å². The molecule has 1 saturated heterocycles. The molecule has 1 N–H and O–H groups in total. The number of nitrogens with zero attached hydrogens (tertiary/aromatic N) is 5. The topological polar surface area (TPSA) is 110 Å². The summed E-state index contributed by atoms with van der Waals surface area (Å²) in [5.41, 5.74) is 0.0365. The fourth-order valence-electron chi connectivity index (χ4n) is 3.12. The molecule has 1 fully saturated rings. The van der Waals surface area contributed by atoms with E-state index in [0.29, 0.717) is 24.4 Å². The number of para-hydroxylation sites is 1. The number of amides is 1. The number of sulfonamides is 1. The van der Waals surface area contributed by atoms with Crippen LogP contribution in [0.2, 0.25) is 0 Å². The van der Waals surface area contributed by atoms with Crippen molar-refractivity contribution >= 4 is 33.0 Å². The van der Waals surface area contributed by atoms with Crippen LogP contribution in [0.5, 0.6) is 0 Å². The highest BCUT2D eigenvalue weighted by Gasteiger charge is 2.39. The van der Waals surface area contributed by atoms with Crippen molar-refractivity contribution in [3.8, 4) is 0 Å². The van der Waals surface area contributed by atoms with Crippen LogP contribution in [0.3, 0.4) is 0 Å². The predicted octanol–water partition coefficient (Wildman–Crippen LogP) is 2.19. The number of anilines is 1. The molecule has 12 heteroatoms. The smallest absolute Gasteiger partial charge is 0.286 e. The minimum atomic E-state index is -3.79. The summed E-state index contributed by atoms with van der Waals surface area (Å²) in [4.78, 5) is 16.3. The Morgan fingerprint density at radius 1 is 1.31 bits per heavy atom.